The Labute approximate surface area is 76.1 Å². The van der Waals surface area contributed by atoms with E-state index in [-0.39, 0.29) is 5.82 Å². The van der Waals surface area contributed by atoms with Gasteiger partial charge in [0.1, 0.15) is 5.82 Å². The van der Waals surface area contributed by atoms with Gasteiger partial charge in [-0.05, 0) is 30.5 Å². The maximum absolute atomic E-state index is 12.7. The van der Waals surface area contributed by atoms with Crippen LogP contribution in [0.2, 0.25) is 0 Å². The molecule has 1 aromatic carbocycles. The van der Waals surface area contributed by atoms with Gasteiger partial charge in [-0.15, -0.1) is 0 Å². The van der Waals surface area contributed by atoms with Gasteiger partial charge in [-0.2, -0.15) is 0 Å². The number of benzene rings is 1. The zero-order valence-electron chi connectivity index (χ0n) is 7.16. The molecule has 0 atom stereocenters. The highest BCUT2D eigenvalue weighted by Gasteiger charge is 1.94. The summed E-state index contributed by atoms with van der Waals surface area (Å²) >= 11 is 0. The van der Waals surface area contributed by atoms with Crippen LogP contribution < -0.4 is 0 Å². The van der Waals surface area contributed by atoms with Crippen LogP contribution in [0.5, 0.6) is 0 Å². The van der Waals surface area contributed by atoms with Gasteiger partial charge in [0.25, 0.3) is 0 Å². The van der Waals surface area contributed by atoms with Crippen molar-refractivity contribution in [3.05, 3.63) is 35.6 Å². The van der Waals surface area contributed by atoms with Crippen molar-refractivity contribution in [2.75, 3.05) is 6.54 Å². The normalized spacial score (nSPS) is 9.31. The molecule has 0 saturated carbocycles. The summed E-state index contributed by atoms with van der Waals surface area (Å²) in [5, 5.41) is 0. The number of halogens is 1. The summed E-state index contributed by atoms with van der Waals surface area (Å²) in [5.74, 6) is -0.226. The van der Waals surface area contributed by atoms with E-state index in [0.29, 0.717) is 6.54 Å². The lowest BCUT2D eigenvalue weighted by Crippen LogP contribution is -1.88. The third-order valence-electron chi connectivity index (χ3n) is 1.69. The number of carbonyl (C=O) groups excluding carboxylic acids is 1. The van der Waals surface area contributed by atoms with Crippen LogP contribution in [0.3, 0.4) is 0 Å². The summed E-state index contributed by atoms with van der Waals surface area (Å²) in [7, 11) is 0. The second-order valence-electron chi connectivity index (χ2n) is 2.71. The Morgan fingerprint density at radius 1 is 1.46 bits per heavy atom. The topological polar surface area (TPSA) is 29.4 Å². The van der Waals surface area contributed by atoms with Gasteiger partial charge in [0.2, 0.25) is 6.08 Å². The fourth-order valence-corrected chi connectivity index (χ4v) is 1.10. The van der Waals surface area contributed by atoms with Crippen LogP contribution in [0.25, 0.3) is 0 Å². The van der Waals surface area contributed by atoms with Gasteiger partial charge in [-0.25, -0.2) is 14.2 Å². The number of rotatable bonds is 4. The Morgan fingerprint density at radius 3 is 3.00 bits per heavy atom. The average molecular weight is 179 g/mol. The van der Waals surface area contributed by atoms with Gasteiger partial charge in [0.15, 0.2) is 0 Å². The van der Waals surface area contributed by atoms with Gasteiger partial charge >= 0.3 is 0 Å². The molecule has 0 amide bonds. The molecule has 0 heterocycles. The smallest absolute Gasteiger partial charge is 0.211 e. The van der Waals surface area contributed by atoms with Gasteiger partial charge in [0, 0.05) is 0 Å². The number of isocyanates is 1. The van der Waals surface area contributed by atoms with Crippen molar-refractivity contribution in [1.82, 2.24) is 0 Å². The maximum Gasteiger partial charge on any atom is 0.234 e. The highest BCUT2D eigenvalue weighted by Crippen LogP contribution is 2.05. The fourth-order valence-electron chi connectivity index (χ4n) is 1.10. The minimum Gasteiger partial charge on any atom is -0.211 e. The van der Waals surface area contributed by atoms with Crippen LogP contribution in [0.1, 0.15) is 12.0 Å². The van der Waals surface area contributed by atoms with Gasteiger partial charge < -0.3 is 0 Å². The minimum absolute atomic E-state index is 0.226. The molecule has 0 unspecified atom stereocenters. The Balaban J connectivity index is 2.40. The predicted molar refractivity (Wildman–Crippen MR) is 47.7 cm³/mol. The summed E-state index contributed by atoms with van der Waals surface area (Å²) in [5.41, 5.74) is 0.932. The van der Waals surface area contributed by atoms with Crippen molar-refractivity contribution in [3.8, 4) is 0 Å². The van der Waals surface area contributed by atoms with E-state index >= 15 is 0 Å². The van der Waals surface area contributed by atoms with Crippen LogP contribution in [-0.4, -0.2) is 12.6 Å². The van der Waals surface area contributed by atoms with E-state index in [4.69, 9.17) is 0 Å². The third kappa shape index (κ3) is 3.63. The second-order valence-corrected chi connectivity index (χ2v) is 2.71. The summed E-state index contributed by atoms with van der Waals surface area (Å²) in [6.07, 6.45) is 2.95. The van der Waals surface area contributed by atoms with E-state index in [1.165, 1.54) is 18.2 Å². The molecule has 0 fully saturated rings. The van der Waals surface area contributed by atoms with Crippen molar-refractivity contribution in [3.63, 3.8) is 0 Å². The molecule has 0 aliphatic rings. The Morgan fingerprint density at radius 2 is 2.31 bits per heavy atom. The van der Waals surface area contributed by atoms with E-state index in [1.807, 2.05) is 6.07 Å². The average Bonchev–Trinajstić information content (AvgIpc) is 2.13. The first-order valence-electron chi connectivity index (χ1n) is 4.11. The van der Waals surface area contributed by atoms with Crippen molar-refractivity contribution < 1.29 is 9.18 Å². The molecule has 1 rings (SSSR count). The van der Waals surface area contributed by atoms with Crippen LogP contribution in [0, 0.1) is 5.82 Å². The molecule has 0 saturated heterocycles. The number of nitrogens with zero attached hydrogens (tertiary/aromatic N) is 1. The summed E-state index contributed by atoms with van der Waals surface area (Å²) in [6, 6.07) is 6.43. The molecule has 2 nitrogen and oxygen atoms in total. The van der Waals surface area contributed by atoms with E-state index < -0.39 is 0 Å². The number of aliphatic imine (C=N–C) groups is 1. The zero-order valence-corrected chi connectivity index (χ0v) is 7.16. The summed E-state index contributed by atoms with van der Waals surface area (Å²) < 4.78 is 12.7. The highest BCUT2D eigenvalue weighted by atomic mass is 19.1. The maximum atomic E-state index is 12.7. The summed E-state index contributed by atoms with van der Waals surface area (Å²) in [6.45, 7) is 0.458. The first kappa shape index (κ1) is 9.62. The van der Waals surface area contributed by atoms with Crippen molar-refractivity contribution in [2.45, 2.75) is 12.8 Å². The molecular weight excluding hydrogens is 169 g/mol. The largest absolute Gasteiger partial charge is 0.234 e. The van der Waals surface area contributed by atoms with E-state index in [9.17, 15) is 9.18 Å². The Bertz CT molecular complexity index is 318. The molecule has 0 N–H and O–H groups in total. The number of aryl methyl sites for hydroxylation is 1. The lowest BCUT2D eigenvalue weighted by molar-refractivity contribution is 0.562. The zero-order chi connectivity index (χ0) is 9.52. The van der Waals surface area contributed by atoms with E-state index in [1.54, 1.807) is 6.07 Å². The van der Waals surface area contributed by atoms with Gasteiger partial charge in [0.05, 0.1) is 6.54 Å². The number of hydrogen-bond donors (Lipinski definition) is 0. The SMILES string of the molecule is O=C=NCCCc1cccc(F)c1. The van der Waals surface area contributed by atoms with E-state index in [2.05, 4.69) is 4.99 Å². The molecule has 68 valence electrons. The Kier molecular flexibility index (Phi) is 3.86. The van der Waals surface area contributed by atoms with Crippen molar-refractivity contribution in [2.24, 2.45) is 4.99 Å². The van der Waals surface area contributed by atoms with Crippen LogP contribution >= 0.6 is 0 Å². The third-order valence-corrected chi connectivity index (χ3v) is 1.69. The van der Waals surface area contributed by atoms with Crippen molar-refractivity contribution >= 4 is 6.08 Å². The van der Waals surface area contributed by atoms with Crippen LogP contribution in [-0.2, 0) is 11.2 Å². The van der Waals surface area contributed by atoms with Crippen molar-refractivity contribution in [1.29, 1.82) is 0 Å². The van der Waals surface area contributed by atoms with Crippen LogP contribution in [0.4, 0.5) is 4.39 Å². The molecule has 0 radical (unpaired) electrons. The first-order valence-corrected chi connectivity index (χ1v) is 4.11. The van der Waals surface area contributed by atoms with Gasteiger partial charge in [-0.3, -0.25) is 0 Å². The molecule has 13 heavy (non-hydrogen) atoms. The first-order chi connectivity index (χ1) is 6.33. The fraction of sp³-hybridized carbons (Fsp3) is 0.300. The predicted octanol–water partition coefficient (Wildman–Crippen LogP) is 2.09. The molecule has 0 aliphatic carbocycles. The number of hydrogen-bond acceptors (Lipinski definition) is 2. The van der Waals surface area contributed by atoms with Gasteiger partial charge in [-0.1, -0.05) is 12.1 Å². The Hall–Kier alpha value is -1.47. The summed E-state index contributed by atoms with van der Waals surface area (Å²) in [4.78, 5) is 13.1. The monoisotopic (exact) mass is 179 g/mol. The standard InChI is InChI=1S/C10H10FNO/c11-10-5-1-3-9(7-10)4-2-6-12-8-13/h1,3,5,7H,2,4,6H2. The minimum atomic E-state index is -0.226. The molecule has 1 aromatic rings. The molecule has 0 bridgehead atoms. The molecule has 0 spiro atoms. The molecule has 0 aliphatic heterocycles. The lowest BCUT2D eigenvalue weighted by Gasteiger charge is -1.97. The highest BCUT2D eigenvalue weighted by molar-refractivity contribution is 5.32. The van der Waals surface area contributed by atoms with Crippen LogP contribution in [0.15, 0.2) is 29.3 Å². The van der Waals surface area contributed by atoms with E-state index in [0.717, 1.165) is 18.4 Å². The molecular formula is C10H10FNO. The lowest BCUT2D eigenvalue weighted by atomic mass is 10.1. The molecule has 0 aromatic heterocycles. The second kappa shape index (κ2) is 5.22. The molecule has 3 heteroatoms. The quantitative estimate of drug-likeness (QED) is 0.395.